The lowest BCUT2D eigenvalue weighted by Crippen LogP contribution is -2.36. The SMILES string of the molecule is O=C(CCCCc1ccc(F)cc1)NCC(c1ccccc1)N1CCCC1. The number of hydrogen-bond donors (Lipinski definition) is 1. The number of carbonyl (C=O) groups is 1. The van der Waals surface area contributed by atoms with Gasteiger partial charge in [-0.05, 0) is 68.5 Å². The highest BCUT2D eigenvalue weighted by atomic mass is 19.1. The fraction of sp³-hybridized carbons (Fsp3) is 0.435. The molecule has 1 heterocycles. The molecule has 0 aromatic heterocycles. The lowest BCUT2D eigenvalue weighted by Gasteiger charge is -2.28. The molecule has 0 radical (unpaired) electrons. The molecule has 4 heteroatoms. The predicted octanol–water partition coefficient (Wildman–Crippen LogP) is 4.49. The van der Waals surface area contributed by atoms with Gasteiger partial charge in [0.15, 0.2) is 0 Å². The molecule has 1 aliphatic heterocycles. The number of aryl methyl sites for hydroxylation is 1. The van der Waals surface area contributed by atoms with Crippen LogP contribution in [-0.4, -0.2) is 30.4 Å². The number of benzene rings is 2. The van der Waals surface area contributed by atoms with Crippen LogP contribution in [0, 0.1) is 5.82 Å². The van der Waals surface area contributed by atoms with E-state index in [0.717, 1.165) is 37.9 Å². The molecule has 1 atom stereocenters. The molecule has 0 saturated carbocycles. The number of rotatable bonds is 9. The van der Waals surface area contributed by atoms with Crippen molar-refractivity contribution in [2.45, 2.75) is 44.6 Å². The average Bonchev–Trinajstić information content (AvgIpc) is 3.22. The lowest BCUT2D eigenvalue weighted by atomic mass is 10.0. The first-order valence-corrected chi connectivity index (χ1v) is 10.0. The monoisotopic (exact) mass is 368 g/mol. The Bertz CT molecular complexity index is 696. The first kappa shape index (κ1) is 19.6. The van der Waals surface area contributed by atoms with Gasteiger partial charge in [-0.1, -0.05) is 42.5 Å². The largest absolute Gasteiger partial charge is 0.354 e. The second-order valence-electron chi connectivity index (χ2n) is 7.31. The zero-order valence-corrected chi connectivity index (χ0v) is 15.9. The van der Waals surface area contributed by atoms with Crippen LogP contribution in [0.2, 0.25) is 0 Å². The van der Waals surface area contributed by atoms with Crippen molar-refractivity contribution in [2.75, 3.05) is 19.6 Å². The van der Waals surface area contributed by atoms with Gasteiger partial charge in [0.2, 0.25) is 5.91 Å². The highest BCUT2D eigenvalue weighted by molar-refractivity contribution is 5.75. The number of nitrogens with one attached hydrogen (secondary N) is 1. The third kappa shape index (κ3) is 6.17. The highest BCUT2D eigenvalue weighted by Crippen LogP contribution is 2.24. The fourth-order valence-electron chi connectivity index (χ4n) is 3.75. The molecule has 0 aliphatic carbocycles. The second kappa shape index (κ2) is 10.2. The summed E-state index contributed by atoms with van der Waals surface area (Å²) in [7, 11) is 0. The van der Waals surface area contributed by atoms with E-state index in [9.17, 15) is 9.18 Å². The van der Waals surface area contributed by atoms with Gasteiger partial charge in [0.1, 0.15) is 5.82 Å². The van der Waals surface area contributed by atoms with Crippen molar-refractivity contribution in [3.05, 3.63) is 71.5 Å². The fourth-order valence-corrected chi connectivity index (χ4v) is 3.75. The van der Waals surface area contributed by atoms with E-state index in [1.807, 2.05) is 18.2 Å². The van der Waals surface area contributed by atoms with E-state index in [2.05, 4.69) is 34.5 Å². The zero-order valence-electron chi connectivity index (χ0n) is 15.9. The van der Waals surface area contributed by atoms with Gasteiger partial charge in [-0.15, -0.1) is 0 Å². The molecule has 3 rings (SSSR count). The number of hydrogen-bond acceptors (Lipinski definition) is 2. The topological polar surface area (TPSA) is 32.3 Å². The predicted molar refractivity (Wildman–Crippen MR) is 107 cm³/mol. The lowest BCUT2D eigenvalue weighted by molar-refractivity contribution is -0.121. The van der Waals surface area contributed by atoms with Crippen molar-refractivity contribution in [3.8, 4) is 0 Å². The zero-order chi connectivity index (χ0) is 18.9. The smallest absolute Gasteiger partial charge is 0.220 e. The Morgan fingerprint density at radius 3 is 2.41 bits per heavy atom. The molecule has 3 nitrogen and oxygen atoms in total. The van der Waals surface area contributed by atoms with E-state index >= 15 is 0 Å². The Kier molecular flexibility index (Phi) is 7.40. The molecule has 2 aromatic rings. The standard InChI is InChI=1S/C23H29FN2O/c24-21-14-12-19(13-15-21)8-4-5-11-23(27)25-18-22(26-16-6-7-17-26)20-9-2-1-3-10-20/h1-3,9-10,12-15,22H,4-8,11,16-18H2,(H,25,27). The van der Waals surface area contributed by atoms with Crippen LogP contribution in [0.3, 0.4) is 0 Å². The van der Waals surface area contributed by atoms with E-state index < -0.39 is 0 Å². The molecule has 2 aromatic carbocycles. The minimum Gasteiger partial charge on any atom is -0.354 e. The minimum atomic E-state index is -0.205. The van der Waals surface area contributed by atoms with Gasteiger partial charge in [-0.3, -0.25) is 9.69 Å². The molecule has 1 aliphatic rings. The Morgan fingerprint density at radius 1 is 1.00 bits per heavy atom. The summed E-state index contributed by atoms with van der Waals surface area (Å²) in [4.78, 5) is 14.7. The van der Waals surface area contributed by atoms with Crippen molar-refractivity contribution >= 4 is 5.91 Å². The molecule has 0 bridgehead atoms. The number of amides is 1. The maximum absolute atomic E-state index is 12.9. The van der Waals surface area contributed by atoms with Gasteiger partial charge in [0, 0.05) is 13.0 Å². The summed E-state index contributed by atoms with van der Waals surface area (Å²) in [6.45, 7) is 2.88. The summed E-state index contributed by atoms with van der Waals surface area (Å²) in [5, 5.41) is 3.13. The van der Waals surface area contributed by atoms with Gasteiger partial charge in [0.25, 0.3) is 0 Å². The molecular weight excluding hydrogens is 339 g/mol. The summed E-state index contributed by atoms with van der Waals surface area (Å²) < 4.78 is 12.9. The average molecular weight is 368 g/mol. The van der Waals surface area contributed by atoms with E-state index in [4.69, 9.17) is 0 Å². The normalized spacial score (nSPS) is 15.6. The number of likely N-dealkylation sites (tertiary alicyclic amines) is 1. The highest BCUT2D eigenvalue weighted by Gasteiger charge is 2.23. The number of unbranched alkanes of at least 4 members (excludes halogenated alkanes) is 1. The molecule has 144 valence electrons. The summed E-state index contributed by atoms with van der Waals surface area (Å²) in [5.41, 5.74) is 2.39. The first-order valence-electron chi connectivity index (χ1n) is 10.0. The molecule has 0 spiro atoms. The van der Waals surface area contributed by atoms with Crippen LogP contribution in [-0.2, 0) is 11.2 Å². The number of halogens is 1. The summed E-state index contributed by atoms with van der Waals surface area (Å²) in [5.74, 6) is -0.0849. The summed E-state index contributed by atoms with van der Waals surface area (Å²) >= 11 is 0. The van der Waals surface area contributed by atoms with Crippen molar-refractivity contribution in [1.82, 2.24) is 10.2 Å². The molecule has 1 amide bonds. The number of carbonyl (C=O) groups excluding carboxylic acids is 1. The summed E-state index contributed by atoms with van der Waals surface area (Å²) in [6.07, 6.45) is 5.69. The van der Waals surface area contributed by atoms with Crippen LogP contribution in [0.1, 0.15) is 49.3 Å². The third-order valence-electron chi connectivity index (χ3n) is 5.29. The van der Waals surface area contributed by atoms with Crippen molar-refractivity contribution in [1.29, 1.82) is 0 Å². The van der Waals surface area contributed by atoms with Crippen LogP contribution >= 0.6 is 0 Å². The third-order valence-corrected chi connectivity index (χ3v) is 5.29. The van der Waals surface area contributed by atoms with Crippen molar-refractivity contribution < 1.29 is 9.18 Å². The van der Waals surface area contributed by atoms with E-state index in [1.54, 1.807) is 0 Å². The van der Waals surface area contributed by atoms with Gasteiger partial charge in [-0.2, -0.15) is 0 Å². The molecule has 1 fully saturated rings. The Morgan fingerprint density at radius 2 is 1.70 bits per heavy atom. The van der Waals surface area contributed by atoms with E-state index in [1.165, 1.54) is 30.5 Å². The molecule has 27 heavy (non-hydrogen) atoms. The molecule has 1 saturated heterocycles. The van der Waals surface area contributed by atoms with Gasteiger partial charge >= 0.3 is 0 Å². The van der Waals surface area contributed by atoms with Gasteiger partial charge in [0.05, 0.1) is 6.04 Å². The van der Waals surface area contributed by atoms with Crippen LogP contribution in [0.4, 0.5) is 4.39 Å². The maximum Gasteiger partial charge on any atom is 0.220 e. The second-order valence-corrected chi connectivity index (χ2v) is 7.31. The van der Waals surface area contributed by atoms with Crippen molar-refractivity contribution in [3.63, 3.8) is 0 Å². The van der Waals surface area contributed by atoms with Crippen molar-refractivity contribution in [2.24, 2.45) is 0 Å². The quantitative estimate of drug-likeness (QED) is 0.661. The first-order chi connectivity index (χ1) is 13.2. The van der Waals surface area contributed by atoms with Crippen LogP contribution in [0.5, 0.6) is 0 Å². The van der Waals surface area contributed by atoms with Crippen LogP contribution < -0.4 is 5.32 Å². The Hall–Kier alpha value is -2.20. The number of nitrogens with zero attached hydrogens (tertiary/aromatic N) is 1. The Labute approximate surface area is 161 Å². The van der Waals surface area contributed by atoms with Crippen LogP contribution in [0.25, 0.3) is 0 Å². The van der Waals surface area contributed by atoms with E-state index in [0.29, 0.717) is 13.0 Å². The molecule has 1 N–H and O–H groups in total. The molecular formula is C23H29FN2O. The minimum absolute atomic E-state index is 0.120. The Balaban J connectivity index is 1.41. The maximum atomic E-state index is 12.9. The van der Waals surface area contributed by atoms with Gasteiger partial charge < -0.3 is 5.32 Å². The molecule has 1 unspecified atom stereocenters. The summed E-state index contributed by atoms with van der Waals surface area (Å²) in [6, 6.07) is 17.3. The van der Waals surface area contributed by atoms with E-state index in [-0.39, 0.29) is 17.8 Å². The van der Waals surface area contributed by atoms with Crippen LogP contribution in [0.15, 0.2) is 54.6 Å². The van der Waals surface area contributed by atoms with Gasteiger partial charge in [-0.25, -0.2) is 4.39 Å².